The number of hydrogen-bond donors (Lipinski definition) is 1. The van der Waals surface area contributed by atoms with Crippen molar-refractivity contribution in [2.24, 2.45) is 5.92 Å². The van der Waals surface area contributed by atoms with Crippen molar-refractivity contribution >= 4 is 34.9 Å². The zero-order valence-corrected chi connectivity index (χ0v) is 17.7. The highest BCUT2D eigenvalue weighted by atomic mass is 35.5. The van der Waals surface area contributed by atoms with E-state index >= 15 is 0 Å². The lowest BCUT2D eigenvalue weighted by Gasteiger charge is -2.20. The van der Waals surface area contributed by atoms with E-state index in [0.29, 0.717) is 23.9 Å². The fraction of sp³-hybridized carbons (Fsp3) is 0.261. The minimum atomic E-state index is -0.416. The summed E-state index contributed by atoms with van der Waals surface area (Å²) in [6.07, 6.45) is 1.83. The number of aromatic nitrogens is 2. The van der Waals surface area contributed by atoms with Gasteiger partial charge in [-0.05, 0) is 42.7 Å². The molecule has 1 fully saturated rings. The van der Waals surface area contributed by atoms with Crippen molar-refractivity contribution in [2.45, 2.75) is 26.8 Å². The summed E-state index contributed by atoms with van der Waals surface area (Å²) < 4.78 is 1.69. The first-order valence-corrected chi connectivity index (χ1v) is 10.2. The lowest BCUT2D eigenvalue weighted by atomic mass is 10.1. The Hall–Kier alpha value is -3.12. The lowest BCUT2D eigenvalue weighted by molar-refractivity contribution is -0.122. The minimum absolute atomic E-state index is 0.0339. The van der Waals surface area contributed by atoms with E-state index in [4.69, 9.17) is 11.6 Å². The van der Waals surface area contributed by atoms with Gasteiger partial charge in [0.15, 0.2) is 0 Å². The molecule has 2 aromatic carbocycles. The molecule has 0 aliphatic carbocycles. The quantitative estimate of drug-likeness (QED) is 0.670. The molecule has 154 valence electrons. The van der Waals surface area contributed by atoms with Crippen LogP contribution >= 0.6 is 11.6 Å². The zero-order chi connectivity index (χ0) is 21.3. The molecule has 1 saturated heterocycles. The number of aryl methyl sites for hydroxylation is 1. The van der Waals surface area contributed by atoms with Crippen molar-refractivity contribution in [1.82, 2.24) is 9.78 Å². The summed E-state index contributed by atoms with van der Waals surface area (Å²) >= 11 is 6.25. The molecule has 1 aromatic heterocycles. The number of carbonyl (C=O) groups excluding carboxylic acids is 2. The Bertz CT molecular complexity index is 1110. The van der Waals surface area contributed by atoms with E-state index < -0.39 is 5.92 Å². The fourth-order valence-electron chi connectivity index (χ4n) is 3.73. The van der Waals surface area contributed by atoms with Crippen molar-refractivity contribution in [1.29, 1.82) is 0 Å². The molecule has 1 aliphatic rings. The predicted molar refractivity (Wildman–Crippen MR) is 118 cm³/mol. The van der Waals surface area contributed by atoms with Gasteiger partial charge in [-0.3, -0.25) is 9.59 Å². The Morgan fingerprint density at radius 3 is 2.77 bits per heavy atom. The third-order valence-corrected chi connectivity index (χ3v) is 5.98. The van der Waals surface area contributed by atoms with Crippen LogP contribution in [-0.4, -0.2) is 28.1 Å². The van der Waals surface area contributed by atoms with Crippen LogP contribution in [0.4, 0.5) is 11.5 Å². The Labute approximate surface area is 180 Å². The van der Waals surface area contributed by atoms with E-state index in [1.165, 1.54) is 0 Å². The fourth-order valence-corrected chi connectivity index (χ4v) is 3.92. The summed E-state index contributed by atoms with van der Waals surface area (Å²) in [4.78, 5) is 27.2. The van der Waals surface area contributed by atoms with Gasteiger partial charge in [0.2, 0.25) is 11.8 Å². The molecule has 2 heterocycles. The molecule has 6 nitrogen and oxygen atoms in total. The summed E-state index contributed by atoms with van der Waals surface area (Å²) in [6, 6.07) is 15.2. The molecule has 30 heavy (non-hydrogen) atoms. The van der Waals surface area contributed by atoms with Crippen LogP contribution in [0.3, 0.4) is 0 Å². The first kappa shape index (κ1) is 20.2. The molecule has 2 amide bonds. The van der Waals surface area contributed by atoms with Crippen LogP contribution in [0.15, 0.2) is 54.7 Å². The van der Waals surface area contributed by atoms with E-state index in [2.05, 4.69) is 10.4 Å². The molecule has 0 spiro atoms. The van der Waals surface area contributed by atoms with E-state index in [9.17, 15) is 9.59 Å². The third-order valence-electron chi connectivity index (χ3n) is 5.61. The van der Waals surface area contributed by atoms with Gasteiger partial charge in [0.25, 0.3) is 0 Å². The maximum Gasteiger partial charge on any atom is 0.230 e. The molecule has 7 heteroatoms. The van der Waals surface area contributed by atoms with Gasteiger partial charge in [0.1, 0.15) is 5.82 Å². The molecule has 4 rings (SSSR count). The SMILES string of the molecule is Cc1cccc(N2CC(C(=O)Nc3ccnn3Cc3ccccc3Cl)CC2=O)c1C. The van der Waals surface area contributed by atoms with Crippen LogP contribution in [0.5, 0.6) is 0 Å². The van der Waals surface area contributed by atoms with E-state index in [1.54, 1.807) is 21.8 Å². The number of benzene rings is 2. The van der Waals surface area contributed by atoms with Crippen LogP contribution in [0.1, 0.15) is 23.1 Å². The summed E-state index contributed by atoms with van der Waals surface area (Å²) in [5.74, 6) is -0.0517. The van der Waals surface area contributed by atoms with Crippen LogP contribution in [0, 0.1) is 19.8 Å². The standard InChI is InChI=1S/C23H23ClN4O2/c1-15-6-5-9-20(16(15)2)27-13-18(12-22(27)29)23(30)26-21-10-11-25-28(21)14-17-7-3-4-8-19(17)24/h3-11,18H,12-14H2,1-2H3,(H,26,30). The van der Waals surface area contributed by atoms with Crippen molar-refractivity contribution in [3.8, 4) is 0 Å². The van der Waals surface area contributed by atoms with E-state index in [-0.39, 0.29) is 18.2 Å². The molecule has 1 atom stereocenters. The number of nitrogens with one attached hydrogen (secondary N) is 1. The molecule has 1 unspecified atom stereocenters. The number of halogens is 1. The lowest BCUT2D eigenvalue weighted by Crippen LogP contribution is -2.29. The largest absolute Gasteiger partial charge is 0.311 e. The highest BCUT2D eigenvalue weighted by Crippen LogP contribution is 2.30. The highest BCUT2D eigenvalue weighted by Gasteiger charge is 2.36. The second-order valence-corrected chi connectivity index (χ2v) is 7.99. The minimum Gasteiger partial charge on any atom is -0.311 e. The summed E-state index contributed by atoms with van der Waals surface area (Å²) in [5, 5.41) is 7.88. The van der Waals surface area contributed by atoms with Gasteiger partial charge in [-0.15, -0.1) is 0 Å². The average Bonchev–Trinajstić information content (AvgIpc) is 3.32. The highest BCUT2D eigenvalue weighted by molar-refractivity contribution is 6.31. The molecule has 0 bridgehead atoms. The second kappa shape index (κ2) is 8.32. The Balaban J connectivity index is 1.47. The molecular formula is C23H23ClN4O2. The second-order valence-electron chi connectivity index (χ2n) is 7.58. The van der Waals surface area contributed by atoms with Gasteiger partial charge in [-0.2, -0.15) is 5.10 Å². The summed E-state index contributed by atoms with van der Waals surface area (Å²) in [7, 11) is 0. The Morgan fingerprint density at radius 1 is 1.17 bits per heavy atom. The van der Waals surface area contributed by atoms with Gasteiger partial charge in [-0.1, -0.05) is 41.9 Å². The maximum absolute atomic E-state index is 12.9. The molecule has 1 N–H and O–H groups in total. The monoisotopic (exact) mass is 422 g/mol. The van der Waals surface area contributed by atoms with Crippen LogP contribution in [0.25, 0.3) is 0 Å². The van der Waals surface area contributed by atoms with Crippen LogP contribution in [0.2, 0.25) is 5.02 Å². The predicted octanol–water partition coefficient (Wildman–Crippen LogP) is 4.19. The molecule has 1 aliphatic heterocycles. The average molecular weight is 423 g/mol. The van der Waals surface area contributed by atoms with E-state index in [1.807, 2.05) is 56.3 Å². The summed E-state index contributed by atoms with van der Waals surface area (Å²) in [6.45, 7) is 4.83. The number of nitrogens with zero attached hydrogens (tertiary/aromatic N) is 3. The Kier molecular flexibility index (Phi) is 5.59. The number of anilines is 2. The Morgan fingerprint density at radius 2 is 1.97 bits per heavy atom. The van der Waals surface area contributed by atoms with Crippen molar-refractivity contribution in [3.63, 3.8) is 0 Å². The van der Waals surface area contributed by atoms with Crippen molar-refractivity contribution in [2.75, 3.05) is 16.8 Å². The first-order chi connectivity index (χ1) is 14.4. The third kappa shape index (κ3) is 3.96. The van der Waals surface area contributed by atoms with Gasteiger partial charge >= 0.3 is 0 Å². The van der Waals surface area contributed by atoms with Crippen LogP contribution in [-0.2, 0) is 16.1 Å². The number of amides is 2. The zero-order valence-electron chi connectivity index (χ0n) is 16.9. The molecule has 3 aromatic rings. The van der Waals surface area contributed by atoms with Crippen molar-refractivity contribution < 1.29 is 9.59 Å². The number of carbonyl (C=O) groups is 2. The maximum atomic E-state index is 12.9. The van der Waals surface area contributed by atoms with Crippen molar-refractivity contribution in [3.05, 3.63) is 76.4 Å². The first-order valence-electron chi connectivity index (χ1n) is 9.86. The smallest absolute Gasteiger partial charge is 0.230 e. The van der Waals surface area contributed by atoms with Gasteiger partial charge in [-0.25, -0.2) is 4.68 Å². The molecular weight excluding hydrogens is 400 g/mol. The number of hydrogen-bond acceptors (Lipinski definition) is 3. The molecule has 0 saturated carbocycles. The van der Waals surface area contributed by atoms with Gasteiger partial charge < -0.3 is 10.2 Å². The normalized spacial score (nSPS) is 16.2. The van der Waals surface area contributed by atoms with Gasteiger partial charge in [0, 0.05) is 29.7 Å². The summed E-state index contributed by atoms with van der Waals surface area (Å²) in [5.41, 5.74) is 3.97. The van der Waals surface area contributed by atoms with E-state index in [0.717, 1.165) is 22.4 Å². The van der Waals surface area contributed by atoms with Crippen LogP contribution < -0.4 is 10.2 Å². The molecule has 0 radical (unpaired) electrons. The topological polar surface area (TPSA) is 67.2 Å². The number of rotatable bonds is 5. The van der Waals surface area contributed by atoms with Gasteiger partial charge in [0.05, 0.1) is 18.7 Å².